The van der Waals surface area contributed by atoms with E-state index in [1.165, 1.54) is 12.1 Å². The summed E-state index contributed by atoms with van der Waals surface area (Å²) >= 11 is 5.53. The molecule has 0 saturated heterocycles. The average Bonchev–Trinajstić information content (AvgIpc) is 2.28. The van der Waals surface area contributed by atoms with Gasteiger partial charge in [0.05, 0.1) is 4.90 Å². The molecule has 102 valence electrons. The zero-order chi connectivity index (χ0) is 13.6. The zero-order valence-electron chi connectivity index (χ0n) is 10.2. The Balaban J connectivity index is 2.63. The summed E-state index contributed by atoms with van der Waals surface area (Å²) in [5, 5.41) is 0. The molecular formula is C12H17ClFNO2S. The van der Waals surface area contributed by atoms with E-state index >= 15 is 0 Å². The van der Waals surface area contributed by atoms with E-state index in [-0.39, 0.29) is 4.90 Å². The summed E-state index contributed by atoms with van der Waals surface area (Å²) in [7, 11) is -3.54. The highest BCUT2D eigenvalue weighted by Crippen LogP contribution is 2.15. The maximum Gasteiger partial charge on any atom is 0.240 e. The fourth-order valence-electron chi connectivity index (χ4n) is 1.59. The average molecular weight is 294 g/mol. The molecule has 0 unspecified atom stereocenters. The van der Waals surface area contributed by atoms with Crippen molar-refractivity contribution < 1.29 is 12.8 Å². The molecule has 0 spiro atoms. The van der Waals surface area contributed by atoms with Gasteiger partial charge < -0.3 is 0 Å². The number of hydrogen-bond donors (Lipinski definition) is 1. The van der Waals surface area contributed by atoms with E-state index in [2.05, 4.69) is 4.72 Å². The van der Waals surface area contributed by atoms with E-state index in [1.54, 1.807) is 6.92 Å². The van der Waals surface area contributed by atoms with Gasteiger partial charge in [-0.05, 0) is 43.5 Å². The Morgan fingerprint density at radius 2 is 2.00 bits per heavy atom. The molecule has 0 amide bonds. The quantitative estimate of drug-likeness (QED) is 0.621. The SMILES string of the molecule is Cc1cc(F)ccc1S(=O)(=O)NCCCCCCl. The lowest BCUT2D eigenvalue weighted by Crippen LogP contribution is -2.25. The second kappa shape index (κ2) is 7.07. The lowest BCUT2D eigenvalue weighted by atomic mass is 10.2. The molecule has 18 heavy (non-hydrogen) atoms. The van der Waals surface area contributed by atoms with Crippen LogP contribution < -0.4 is 4.72 Å². The minimum Gasteiger partial charge on any atom is -0.211 e. The molecule has 1 rings (SSSR count). The van der Waals surface area contributed by atoms with Crippen LogP contribution in [0.15, 0.2) is 23.1 Å². The van der Waals surface area contributed by atoms with E-state index < -0.39 is 15.8 Å². The van der Waals surface area contributed by atoms with Crippen LogP contribution in [0.2, 0.25) is 0 Å². The van der Waals surface area contributed by atoms with Crippen molar-refractivity contribution in [3.8, 4) is 0 Å². The fourth-order valence-corrected chi connectivity index (χ4v) is 3.08. The number of hydrogen-bond acceptors (Lipinski definition) is 2. The van der Waals surface area contributed by atoms with Crippen molar-refractivity contribution >= 4 is 21.6 Å². The van der Waals surface area contributed by atoms with E-state index in [9.17, 15) is 12.8 Å². The molecule has 1 N–H and O–H groups in total. The largest absolute Gasteiger partial charge is 0.240 e. The summed E-state index contributed by atoms with van der Waals surface area (Å²) in [6.45, 7) is 1.95. The third-order valence-electron chi connectivity index (χ3n) is 2.53. The van der Waals surface area contributed by atoms with Crippen molar-refractivity contribution in [2.45, 2.75) is 31.1 Å². The van der Waals surface area contributed by atoms with Gasteiger partial charge in [0.2, 0.25) is 10.0 Å². The zero-order valence-corrected chi connectivity index (χ0v) is 11.8. The number of alkyl halides is 1. The Kier molecular flexibility index (Phi) is 6.05. The molecule has 0 aliphatic heterocycles. The van der Waals surface area contributed by atoms with Gasteiger partial charge in [-0.25, -0.2) is 17.5 Å². The molecule has 0 heterocycles. The Morgan fingerprint density at radius 3 is 2.61 bits per heavy atom. The monoisotopic (exact) mass is 293 g/mol. The molecule has 0 fully saturated rings. The van der Waals surface area contributed by atoms with Crippen LogP contribution in [0.3, 0.4) is 0 Å². The van der Waals surface area contributed by atoms with Gasteiger partial charge in [0.25, 0.3) is 0 Å². The van der Waals surface area contributed by atoms with Crippen molar-refractivity contribution in [1.82, 2.24) is 4.72 Å². The molecule has 0 atom stereocenters. The summed E-state index contributed by atoms with van der Waals surface area (Å²) in [6, 6.07) is 3.64. The predicted octanol–water partition coefficient (Wildman–Crippen LogP) is 2.82. The molecule has 0 aliphatic rings. The third kappa shape index (κ3) is 4.55. The van der Waals surface area contributed by atoms with Gasteiger partial charge in [-0.3, -0.25) is 0 Å². The van der Waals surface area contributed by atoms with Crippen LogP contribution >= 0.6 is 11.6 Å². The summed E-state index contributed by atoms with van der Waals surface area (Å²) in [4.78, 5) is 0.126. The van der Waals surface area contributed by atoms with Crippen LogP contribution in [0.4, 0.5) is 4.39 Å². The van der Waals surface area contributed by atoms with Gasteiger partial charge in [0, 0.05) is 12.4 Å². The van der Waals surface area contributed by atoms with Crippen molar-refractivity contribution in [3.63, 3.8) is 0 Å². The first-order chi connectivity index (χ1) is 8.47. The van der Waals surface area contributed by atoms with Gasteiger partial charge in [-0.2, -0.15) is 0 Å². The first kappa shape index (κ1) is 15.4. The Hall–Kier alpha value is -0.650. The number of sulfonamides is 1. The summed E-state index contributed by atoms with van der Waals surface area (Å²) in [5.74, 6) is 0.151. The van der Waals surface area contributed by atoms with E-state index in [0.717, 1.165) is 25.3 Å². The highest BCUT2D eigenvalue weighted by atomic mass is 35.5. The number of halogens is 2. The van der Waals surface area contributed by atoms with E-state index in [4.69, 9.17) is 11.6 Å². The van der Waals surface area contributed by atoms with Gasteiger partial charge in [-0.15, -0.1) is 11.6 Å². The number of rotatable bonds is 7. The normalized spacial score (nSPS) is 11.7. The smallest absolute Gasteiger partial charge is 0.211 e. The lowest BCUT2D eigenvalue weighted by molar-refractivity contribution is 0.574. The van der Waals surface area contributed by atoms with Crippen LogP contribution in [0, 0.1) is 12.7 Å². The van der Waals surface area contributed by atoms with Crippen LogP contribution in [-0.2, 0) is 10.0 Å². The van der Waals surface area contributed by atoms with Crippen molar-refractivity contribution in [2.75, 3.05) is 12.4 Å². The van der Waals surface area contributed by atoms with Crippen LogP contribution in [0.5, 0.6) is 0 Å². The van der Waals surface area contributed by atoms with Crippen LogP contribution in [0.1, 0.15) is 24.8 Å². The highest BCUT2D eigenvalue weighted by Gasteiger charge is 2.16. The van der Waals surface area contributed by atoms with Gasteiger partial charge >= 0.3 is 0 Å². The maximum atomic E-state index is 12.9. The minimum atomic E-state index is -3.54. The number of nitrogens with one attached hydrogen (secondary N) is 1. The summed E-state index contributed by atoms with van der Waals surface area (Å²) < 4.78 is 39.3. The van der Waals surface area contributed by atoms with Gasteiger partial charge in [0.15, 0.2) is 0 Å². The van der Waals surface area contributed by atoms with Crippen molar-refractivity contribution in [1.29, 1.82) is 0 Å². The molecule has 0 saturated carbocycles. The van der Waals surface area contributed by atoms with E-state index in [0.29, 0.717) is 18.0 Å². The lowest BCUT2D eigenvalue weighted by Gasteiger charge is -2.09. The molecule has 1 aromatic carbocycles. The highest BCUT2D eigenvalue weighted by molar-refractivity contribution is 7.89. The molecule has 0 aromatic heterocycles. The Morgan fingerprint density at radius 1 is 1.28 bits per heavy atom. The van der Waals surface area contributed by atoms with Gasteiger partial charge in [-0.1, -0.05) is 6.42 Å². The molecule has 0 radical (unpaired) electrons. The van der Waals surface area contributed by atoms with Crippen molar-refractivity contribution in [3.05, 3.63) is 29.6 Å². The first-order valence-corrected chi connectivity index (χ1v) is 7.81. The second-order valence-electron chi connectivity index (χ2n) is 4.06. The Labute approximate surface area is 112 Å². The number of unbranched alkanes of at least 4 members (excludes halogenated alkanes) is 2. The minimum absolute atomic E-state index is 0.126. The van der Waals surface area contributed by atoms with Gasteiger partial charge in [0.1, 0.15) is 5.82 Å². The number of aryl methyl sites for hydroxylation is 1. The fraction of sp³-hybridized carbons (Fsp3) is 0.500. The molecule has 0 aliphatic carbocycles. The summed E-state index contributed by atoms with van der Waals surface area (Å²) in [6.07, 6.45) is 2.50. The molecule has 0 bridgehead atoms. The molecule has 6 heteroatoms. The topological polar surface area (TPSA) is 46.2 Å². The molecule has 3 nitrogen and oxygen atoms in total. The Bertz CT molecular complexity index is 491. The van der Waals surface area contributed by atoms with Crippen LogP contribution in [0.25, 0.3) is 0 Å². The van der Waals surface area contributed by atoms with Crippen molar-refractivity contribution in [2.24, 2.45) is 0 Å². The predicted molar refractivity (Wildman–Crippen MR) is 70.9 cm³/mol. The van der Waals surface area contributed by atoms with Crippen LogP contribution in [-0.4, -0.2) is 20.8 Å². The molecular weight excluding hydrogens is 277 g/mol. The second-order valence-corrected chi connectivity index (χ2v) is 6.17. The maximum absolute atomic E-state index is 12.9. The first-order valence-electron chi connectivity index (χ1n) is 5.79. The molecule has 1 aromatic rings. The van der Waals surface area contributed by atoms with E-state index in [1.807, 2.05) is 0 Å². The number of benzene rings is 1. The standard InChI is InChI=1S/C12H17ClFNO2S/c1-10-9-11(14)5-6-12(10)18(16,17)15-8-4-2-3-7-13/h5-6,9,15H,2-4,7-8H2,1H3. The summed E-state index contributed by atoms with van der Waals surface area (Å²) in [5.41, 5.74) is 0.406. The third-order valence-corrected chi connectivity index (χ3v) is 4.42.